The second-order valence-corrected chi connectivity index (χ2v) is 5.83. The zero-order valence-corrected chi connectivity index (χ0v) is 11.6. The van der Waals surface area contributed by atoms with E-state index in [0.717, 1.165) is 25.8 Å². The Balaban J connectivity index is 2.32. The largest absolute Gasteiger partial charge is 0.335 e. The quantitative estimate of drug-likeness (QED) is 0.745. The Morgan fingerprint density at radius 3 is 2.41 bits per heavy atom. The minimum Gasteiger partial charge on any atom is -0.335 e. The van der Waals surface area contributed by atoms with Crippen LogP contribution in [0.4, 0.5) is 4.79 Å². The van der Waals surface area contributed by atoms with E-state index >= 15 is 0 Å². The maximum atomic E-state index is 11.8. The van der Waals surface area contributed by atoms with Gasteiger partial charge in [-0.05, 0) is 45.7 Å². The summed E-state index contributed by atoms with van der Waals surface area (Å²) in [7, 11) is 4.08. The number of rotatable bonds is 6. The van der Waals surface area contributed by atoms with E-state index in [9.17, 15) is 4.79 Å². The van der Waals surface area contributed by atoms with Crippen LogP contribution in [0.3, 0.4) is 0 Å². The molecule has 1 rings (SSSR count). The Labute approximate surface area is 105 Å². The molecule has 0 aromatic heterocycles. The first kappa shape index (κ1) is 14.3. The molecule has 0 heterocycles. The fourth-order valence-electron chi connectivity index (χ4n) is 2.15. The predicted octanol–water partition coefficient (Wildman–Crippen LogP) is 1.81. The Kier molecular flexibility index (Phi) is 5.75. The molecule has 1 saturated carbocycles. The molecule has 0 aliphatic heterocycles. The lowest BCUT2D eigenvalue weighted by Crippen LogP contribution is -2.51. The van der Waals surface area contributed by atoms with Gasteiger partial charge in [-0.25, -0.2) is 4.79 Å². The lowest BCUT2D eigenvalue weighted by molar-refractivity contribution is 0.217. The van der Waals surface area contributed by atoms with Crippen LogP contribution in [0.5, 0.6) is 0 Å². The molecule has 1 unspecified atom stereocenters. The van der Waals surface area contributed by atoms with Crippen LogP contribution in [-0.2, 0) is 0 Å². The van der Waals surface area contributed by atoms with Crippen LogP contribution < -0.4 is 10.6 Å². The second-order valence-electron chi connectivity index (χ2n) is 5.83. The molecule has 1 atom stereocenters. The molecule has 1 aliphatic rings. The summed E-state index contributed by atoms with van der Waals surface area (Å²) in [5, 5.41) is 6.11. The summed E-state index contributed by atoms with van der Waals surface area (Å²) in [5.41, 5.74) is 0. The third kappa shape index (κ3) is 5.91. The van der Waals surface area contributed by atoms with Gasteiger partial charge >= 0.3 is 6.03 Å². The Morgan fingerprint density at radius 2 is 2.00 bits per heavy atom. The van der Waals surface area contributed by atoms with Crippen molar-refractivity contribution in [2.45, 2.75) is 51.6 Å². The molecule has 0 saturated heterocycles. The number of hydrogen-bond donors (Lipinski definition) is 2. The minimum absolute atomic E-state index is 0.00204. The van der Waals surface area contributed by atoms with E-state index in [1.165, 1.54) is 6.42 Å². The summed E-state index contributed by atoms with van der Waals surface area (Å²) in [4.78, 5) is 13.9. The van der Waals surface area contributed by atoms with Gasteiger partial charge in [0.25, 0.3) is 0 Å². The van der Waals surface area contributed by atoms with E-state index in [0.29, 0.717) is 12.0 Å². The monoisotopic (exact) mass is 241 g/mol. The molecule has 4 heteroatoms. The Bertz CT molecular complexity index is 227. The van der Waals surface area contributed by atoms with E-state index in [1.807, 2.05) is 14.1 Å². The second kappa shape index (κ2) is 6.84. The number of nitrogens with one attached hydrogen (secondary N) is 2. The van der Waals surface area contributed by atoms with Crippen LogP contribution in [0, 0.1) is 5.92 Å². The Morgan fingerprint density at radius 1 is 1.35 bits per heavy atom. The van der Waals surface area contributed by atoms with Gasteiger partial charge in [-0.2, -0.15) is 0 Å². The lowest BCUT2D eigenvalue weighted by Gasteiger charge is -2.29. The summed E-state index contributed by atoms with van der Waals surface area (Å²) in [5.74, 6) is 0.601. The molecule has 0 aromatic rings. The number of likely N-dealkylation sites (N-methyl/N-ethyl adjacent to an activating group) is 1. The zero-order chi connectivity index (χ0) is 12.8. The summed E-state index contributed by atoms with van der Waals surface area (Å²) >= 11 is 0. The minimum atomic E-state index is 0.00204. The molecular weight excluding hydrogens is 214 g/mol. The van der Waals surface area contributed by atoms with Gasteiger partial charge in [0.2, 0.25) is 0 Å². The lowest BCUT2D eigenvalue weighted by atomic mass is 9.93. The van der Waals surface area contributed by atoms with Gasteiger partial charge in [-0.3, -0.25) is 0 Å². The van der Waals surface area contributed by atoms with Crippen molar-refractivity contribution in [2.24, 2.45) is 5.92 Å². The molecule has 17 heavy (non-hydrogen) atoms. The molecule has 4 nitrogen and oxygen atoms in total. The number of nitrogens with zero attached hydrogens (tertiary/aromatic N) is 1. The zero-order valence-electron chi connectivity index (χ0n) is 11.6. The van der Waals surface area contributed by atoms with Crippen molar-refractivity contribution in [3.63, 3.8) is 0 Å². The van der Waals surface area contributed by atoms with Gasteiger partial charge < -0.3 is 15.5 Å². The highest BCUT2D eigenvalue weighted by Gasteiger charge is 2.21. The highest BCUT2D eigenvalue weighted by Crippen LogP contribution is 2.17. The first-order valence-corrected chi connectivity index (χ1v) is 6.69. The maximum absolute atomic E-state index is 11.8. The first-order valence-electron chi connectivity index (χ1n) is 6.69. The van der Waals surface area contributed by atoms with Crippen LogP contribution in [0.25, 0.3) is 0 Å². The van der Waals surface area contributed by atoms with Crippen molar-refractivity contribution >= 4 is 6.03 Å². The molecule has 2 N–H and O–H groups in total. The molecule has 1 aliphatic carbocycles. The van der Waals surface area contributed by atoms with Crippen LogP contribution in [0.2, 0.25) is 0 Å². The van der Waals surface area contributed by atoms with E-state index in [1.54, 1.807) is 0 Å². The van der Waals surface area contributed by atoms with Crippen molar-refractivity contribution in [3.05, 3.63) is 0 Å². The summed E-state index contributed by atoms with van der Waals surface area (Å²) in [6.07, 6.45) is 4.54. The number of carbonyl (C=O) groups is 1. The van der Waals surface area contributed by atoms with Gasteiger partial charge in [0, 0.05) is 18.6 Å². The van der Waals surface area contributed by atoms with Crippen LogP contribution >= 0.6 is 0 Å². The molecule has 2 amide bonds. The average Bonchev–Trinajstić information content (AvgIpc) is 2.09. The molecule has 0 aromatic carbocycles. The molecule has 0 bridgehead atoms. The van der Waals surface area contributed by atoms with Crippen LogP contribution in [0.15, 0.2) is 0 Å². The SMILES string of the molecule is CC(C)CC(CN(C)C)NC(=O)NC1CCC1. The predicted molar refractivity (Wildman–Crippen MR) is 71.1 cm³/mol. The van der Waals surface area contributed by atoms with Crippen molar-refractivity contribution in [1.82, 2.24) is 15.5 Å². The van der Waals surface area contributed by atoms with E-state index in [4.69, 9.17) is 0 Å². The molecule has 100 valence electrons. The van der Waals surface area contributed by atoms with Crippen molar-refractivity contribution in [2.75, 3.05) is 20.6 Å². The van der Waals surface area contributed by atoms with Crippen molar-refractivity contribution in [1.29, 1.82) is 0 Å². The normalized spacial score (nSPS) is 18.0. The maximum Gasteiger partial charge on any atom is 0.315 e. The topological polar surface area (TPSA) is 44.4 Å². The smallest absolute Gasteiger partial charge is 0.315 e. The number of amides is 2. The number of urea groups is 1. The number of hydrogen-bond acceptors (Lipinski definition) is 2. The van der Waals surface area contributed by atoms with Gasteiger partial charge in [0.05, 0.1) is 0 Å². The molecule has 0 radical (unpaired) electrons. The third-order valence-electron chi connectivity index (χ3n) is 3.12. The summed E-state index contributed by atoms with van der Waals surface area (Å²) < 4.78 is 0. The summed E-state index contributed by atoms with van der Waals surface area (Å²) in [6, 6.07) is 0.654. The van der Waals surface area contributed by atoms with Crippen molar-refractivity contribution in [3.8, 4) is 0 Å². The van der Waals surface area contributed by atoms with Gasteiger partial charge in [-0.15, -0.1) is 0 Å². The highest BCUT2D eigenvalue weighted by molar-refractivity contribution is 5.74. The molecule has 1 fully saturated rings. The Hall–Kier alpha value is -0.770. The van der Waals surface area contributed by atoms with Gasteiger partial charge in [-0.1, -0.05) is 13.8 Å². The fraction of sp³-hybridized carbons (Fsp3) is 0.923. The van der Waals surface area contributed by atoms with E-state index in [2.05, 4.69) is 29.4 Å². The summed E-state index contributed by atoms with van der Waals surface area (Å²) in [6.45, 7) is 5.28. The van der Waals surface area contributed by atoms with Gasteiger partial charge in [0.15, 0.2) is 0 Å². The van der Waals surface area contributed by atoms with Crippen molar-refractivity contribution < 1.29 is 4.79 Å². The highest BCUT2D eigenvalue weighted by atomic mass is 16.2. The number of carbonyl (C=O) groups excluding carboxylic acids is 1. The third-order valence-corrected chi connectivity index (χ3v) is 3.12. The molecule has 0 spiro atoms. The standard InChI is InChI=1S/C13H27N3O/c1-10(2)8-12(9-16(3)4)15-13(17)14-11-6-5-7-11/h10-12H,5-9H2,1-4H3,(H2,14,15,17). The van der Waals surface area contributed by atoms with E-state index < -0.39 is 0 Å². The first-order chi connectivity index (χ1) is 7.97. The molecular formula is C13H27N3O. The fourth-order valence-corrected chi connectivity index (χ4v) is 2.15. The van der Waals surface area contributed by atoms with Crippen LogP contribution in [0.1, 0.15) is 39.5 Å². The average molecular weight is 241 g/mol. The van der Waals surface area contributed by atoms with Crippen LogP contribution in [-0.4, -0.2) is 43.7 Å². The van der Waals surface area contributed by atoms with Gasteiger partial charge in [0.1, 0.15) is 0 Å². The van der Waals surface area contributed by atoms with E-state index in [-0.39, 0.29) is 12.1 Å².